The van der Waals surface area contributed by atoms with Crippen molar-refractivity contribution in [1.82, 2.24) is 44.9 Å². The molecule has 15 heteroatoms. The Hall–Kier alpha value is -18.0. The zero-order chi connectivity index (χ0) is 92.2. The fraction of sp³-hybridized carbons (Fsp3) is 0. The van der Waals surface area contributed by atoms with Crippen LogP contribution in [0.1, 0.15) is 0 Å². The monoisotopic (exact) mass is 1840 g/mol. The van der Waals surface area contributed by atoms with Crippen molar-refractivity contribution in [2.75, 3.05) is 0 Å². The Balaban J connectivity index is 0.000000106. The summed E-state index contributed by atoms with van der Waals surface area (Å²) in [4.78, 5) is 45.3. The first-order chi connectivity index (χ1) is 69.3. The summed E-state index contributed by atoms with van der Waals surface area (Å²) in [5, 5.41) is 18.8. The lowest BCUT2D eigenvalue weighted by Crippen LogP contribution is -2.00. The van der Waals surface area contributed by atoms with Crippen LogP contribution in [0, 0.1) is 0 Å². The van der Waals surface area contributed by atoms with Crippen LogP contribution >= 0.6 is 34.0 Å². The molecule has 29 aromatic rings. The molecule has 29 rings (SSSR count). The second-order valence-corrected chi connectivity index (χ2v) is 37.9. The number of aromatic nitrogens is 9. The van der Waals surface area contributed by atoms with Gasteiger partial charge in [-0.3, -0.25) is 0 Å². The molecule has 654 valence electrons. The highest BCUT2D eigenvalue weighted by atomic mass is 32.1. The highest BCUT2D eigenvalue weighted by Crippen LogP contribution is 2.49. The summed E-state index contributed by atoms with van der Waals surface area (Å²) in [5.74, 6) is 5.59. The van der Waals surface area contributed by atoms with Crippen molar-refractivity contribution < 1.29 is 13.3 Å². The first-order valence-corrected chi connectivity index (χ1v) is 48.9. The molecule has 0 atom stereocenters. The van der Waals surface area contributed by atoms with E-state index in [1.807, 2.05) is 198 Å². The van der Waals surface area contributed by atoms with E-state index in [0.717, 1.165) is 137 Å². The van der Waals surface area contributed by atoms with Gasteiger partial charge in [-0.25, -0.2) is 44.9 Å². The van der Waals surface area contributed by atoms with Gasteiger partial charge in [-0.2, -0.15) is 0 Å². The molecule has 0 unspecified atom stereocenters. The molecular weight excluding hydrogens is 1770 g/mol. The van der Waals surface area contributed by atoms with E-state index >= 15 is 0 Å². The van der Waals surface area contributed by atoms with Crippen molar-refractivity contribution in [3.05, 3.63) is 443 Å². The number of furan rings is 3. The lowest BCUT2D eigenvalue weighted by atomic mass is 9.94. The van der Waals surface area contributed by atoms with Gasteiger partial charge in [-0.15, -0.1) is 34.0 Å². The SMILES string of the molecule is c1ccc(-c2nc(-c3ccc(-c4cccc5c4sc4ccccc45)cc3)nc(-c3ccc4c(c3)oc3ccccc34)n2)cc1.c1ccc(-c2nc(-c3ccc4c(c3)oc3ccccc34)nc(-c3ccc(-c4cccc5c4sc4ccccc45)c4ccccc34)n2)cc1.c1ccc(-c2nc(-c3ccc4c(c3)oc3ccccc34)nc(-c3ccc(-c4cccc5c4sc4ccccc45)c4ccccc34)n2)cc1. The van der Waals surface area contributed by atoms with Gasteiger partial charge in [-0.1, -0.05) is 358 Å². The van der Waals surface area contributed by atoms with Gasteiger partial charge in [0.25, 0.3) is 0 Å². The average molecular weight is 1850 g/mol. The van der Waals surface area contributed by atoms with Crippen LogP contribution < -0.4 is 0 Å². The third-order valence-electron chi connectivity index (χ3n) is 26.5. The molecule has 0 N–H and O–H groups in total. The molecule has 0 amide bonds. The van der Waals surface area contributed by atoms with E-state index in [1.54, 1.807) is 0 Å². The Bertz CT molecular complexity index is 9610. The maximum absolute atomic E-state index is 6.24. The minimum atomic E-state index is 0.601. The Labute approximate surface area is 812 Å². The van der Waals surface area contributed by atoms with Crippen LogP contribution in [0.5, 0.6) is 0 Å². The van der Waals surface area contributed by atoms with E-state index in [0.29, 0.717) is 52.4 Å². The Morgan fingerprint density at radius 1 is 0.129 bits per heavy atom. The van der Waals surface area contributed by atoms with Gasteiger partial charge >= 0.3 is 0 Å². The molecule has 0 saturated heterocycles. The van der Waals surface area contributed by atoms with Gasteiger partial charge < -0.3 is 13.3 Å². The molecule has 0 aliphatic carbocycles. The summed E-state index contributed by atoms with van der Waals surface area (Å²) < 4.78 is 26.5. The van der Waals surface area contributed by atoms with Crippen molar-refractivity contribution in [2.45, 2.75) is 0 Å². The third kappa shape index (κ3) is 14.4. The lowest BCUT2D eigenvalue weighted by molar-refractivity contribution is 0.668. The van der Waals surface area contributed by atoms with Crippen LogP contribution in [0.25, 0.3) is 284 Å². The molecule has 0 fully saturated rings. The molecule has 0 aliphatic rings. The summed E-state index contributed by atoms with van der Waals surface area (Å²) in [6.07, 6.45) is 0. The standard InChI is InChI=1S/2C43H25N3OS.C39H23N3OS/c2*1-2-11-26(12-3-1)41-44-42(27-21-22-32-31-15-6-8-19-37(31)47-38(32)25-27)46-43(45-41)36-24-23-30(28-13-4-5-14-29(28)36)34-17-10-18-35-33-16-7-9-20-39(33)48-40(34)35;1-2-9-25(10-3-1)37-40-38(42-39(41-37)27-21-22-30-29-11-4-6-15-33(29)43-34(30)23-27)26-19-17-24(18-20-26)28-13-8-14-32-31-12-5-7-16-35(31)44-36(28)32/h2*1-25H;1-23H. The van der Waals surface area contributed by atoms with E-state index in [2.05, 4.69) is 279 Å². The number of rotatable bonds is 12. The summed E-state index contributed by atoms with van der Waals surface area (Å²) in [7, 11) is 0. The molecule has 140 heavy (non-hydrogen) atoms. The minimum absolute atomic E-state index is 0.601. The number of hydrogen-bond donors (Lipinski definition) is 0. The van der Waals surface area contributed by atoms with Crippen LogP contribution in [-0.2, 0) is 0 Å². The normalized spacial score (nSPS) is 11.7. The van der Waals surface area contributed by atoms with Crippen molar-refractivity contribution in [1.29, 1.82) is 0 Å². The zero-order valence-corrected chi connectivity index (χ0v) is 77.1. The second-order valence-electron chi connectivity index (χ2n) is 34.8. The fourth-order valence-corrected chi connectivity index (χ4v) is 23.5. The van der Waals surface area contributed by atoms with Crippen molar-refractivity contribution in [2.24, 2.45) is 0 Å². The van der Waals surface area contributed by atoms with E-state index in [4.69, 9.17) is 58.1 Å². The predicted octanol–water partition coefficient (Wildman–Crippen LogP) is 34.7. The van der Waals surface area contributed by atoms with Crippen LogP contribution in [0.15, 0.2) is 456 Å². The van der Waals surface area contributed by atoms with E-state index in [1.165, 1.54) is 93.9 Å². The number of nitrogens with zero attached hydrogens (tertiary/aromatic N) is 9. The fourth-order valence-electron chi connectivity index (χ4n) is 19.8. The minimum Gasteiger partial charge on any atom is -0.456 e. The Morgan fingerprint density at radius 3 is 0.700 bits per heavy atom. The lowest BCUT2D eigenvalue weighted by Gasteiger charge is -2.13. The van der Waals surface area contributed by atoms with Crippen molar-refractivity contribution in [3.8, 4) is 136 Å². The van der Waals surface area contributed by atoms with Crippen LogP contribution in [0.2, 0.25) is 0 Å². The zero-order valence-electron chi connectivity index (χ0n) is 74.6. The topological polar surface area (TPSA) is 155 Å². The number of para-hydroxylation sites is 3. The second kappa shape index (κ2) is 34.1. The summed E-state index contributed by atoms with van der Waals surface area (Å²) in [5.41, 5.74) is 20.6. The first-order valence-electron chi connectivity index (χ1n) is 46.4. The van der Waals surface area contributed by atoms with Crippen molar-refractivity contribution in [3.63, 3.8) is 0 Å². The maximum Gasteiger partial charge on any atom is 0.164 e. The smallest absolute Gasteiger partial charge is 0.164 e. The van der Waals surface area contributed by atoms with E-state index in [9.17, 15) is 0 Å². The molecule has 9 heterocycles. The number of benzene rings is 20. The molecule has 0 spiro atoms. The average Bonchev–Trinajstić information content (AvgIpc) is 1.44. The van der Waals surface area contributed by atoms with Gasteiger partial charge in [0, 0.05) is 154 Å². The van der Waals surface area contributed by atoms with Crippen molar-refractivity contribution >= 4 is 182 Å². The molecule has 0 aliphatic heterocycles. The predicted molar refractivity (Wildman–Crippen MR) is 580 cm³/mol. The van der Waals surface area contributed by atoms with Crippen LogP contribution in [0.4, 0.5) is 0 Å². The van der Waals surface area contributed by atoms with E-state index in [-0.39, 0.29) is 0 Å². The maximum atomic E-state index is 6.24. The van der Waals surface area contributed by atoms with Gasteiger partial charge in [0.15, 0.2) is 52.4 Å². The molecule has 0 saturated carbocycles. The summed E-state index contributed by atoms with van der Waals surface area (Å²) in [6.45, 7) is 0. The molecule has 12 nitrogen and oxygen atoms in total. The first kappa shape index (κ1) is 81.6. The molecular formula is C125H73N9O3S3. The molecule has 0 bridgehead atoms. The molecule has 0 radical (unpaired) electrons. The van der Waals surface area contributed by atoms with Crippen LogP contribution in [-0.4, -0.2) is 44.9 Å². The highest BCUT2D eigenvalue weighted by Gasteiger charge is 2.25. The number of thiophene rings is 3. The quantitative estimate of drug-likeness (QED) is 0.114. The number of fused-ring (bicyclic) bond motifs is 20. The molecule has 20 aromatic carbocycles. The van der Waals surface area contributed by atoms with Gasteiger partial charge in [0.1, 0.15) is 33.5 Å². The summed E-state index contributed by atoms with van der Waals surface area (Å²) in [6, 6.07) is 153. The van der Waals surface area contributed by atoms with Crippen LogP contribution in [0.3, 0.4) is 0 Å². The van der Waals surface area contributed by atoms with Gasteiger partial charge in [0.2, 0.25) is 0 Å². The molecule has 9 aromatic heterocycles. The van der Waals surface area contributed by atoms with Gasteiger partial charge in [-0.05, 0) is 129 Å². The largest absolute Gasteiger partial charge is 0.456 e. The Morgan fingerprint density at radius 2 is 0.357 bits per heavy atom. The summed E-state index contributed by atoms with van der Waals surface area (Å²) >= 11 is 5.55. The van der Waals surface area contributed by atoms with Gasteiger partial charge in [0.05, 0.1) is 0 Å². The highest BCUT2D eigenvalue weighted by molar-refractivity contribution is 7.27. The number of hydrogen-bond acceptors (Lipinski definition) is 15. The Kier molecular flexibility index (Phi) is 19.9. The van der Waals surface area contributed by atoms with E-state index < -0.39 is 0 Å². The third-order valence-corrected chi connectivity index (χ3v) is 30.1.